The maximum absolute atomic E-state index is 11.0. The van der Waals surface area contributed by atoms with Gasteiger partial charge >= 0.3 is 5.97 Å². The smallest absolute Gasteiger partial charge is 0.309 e. The van der Waals surface area contributed by atoms with Gasteiger partial charge in [0, 0.05) is 6.04 Å². The molecule has 0 amide bonds. The summed E-state index contributed by atoms with van der Waals surface area (Å²) in [5.74, 6) is 0.904. The molecular weight excluding hydrogens is 226 g/mol. The van der Waals surface area contributed by atoms with E-state index in [1.54, 1.807) is 13.8 Å². The molecule has 3 nitrogen and oxygen atoms in total. The van der Waals surface area contributed by atoms with E-state index in [2.05, 4.69) is 19.2 Å². The first-order valence-electron chi connectivity index (χ1n) is 7.29. The first kappa shape index (κ1) is 15.5. The number of carbonyl (C=O) groups is 1. The zero-order valence-electron chi connectivity index (χ0n) is 12.3. The van der Waals surface area contributed by atoms with Crippen LogP contribution in [0.1, 0.15) is 59.8 Å². The third kappa shape index (κ3) is 4.60. The molecule has 2 atom stereocenters. The molecule has 106 valence electrons. The largest absolute Gasteiger partial charge is 0.481 e. The van der Waals surface area contributed by atoms with Crippen LogP contribution in [-0.2, 0) is 4.79 Å². The molecule has 1 rings (SSSR count). The fourth-order valence-corrected chi connectivity index (χ4v) is 2.71. The molecule has 0 saturated heterocycles. The van der Waals surface area contributed by atoms with E-state index >= 15 is 0 Å². The molecule has 1 aliphatic rings. The van der Waals surface area contributed by atoms with Crippen LogP contribution in [0.4, 0.5) is 0 Å². The molecule has 1 fully saturated rings. The van der Waals surface area contributed by atoms with Crippen LogP contribution >= 0.6 is 0 Å². The second-order valence-electron chi connectivity index (χ2n) is 6.76. The predicted octanol–water partition coefficient (Wildman–Crippen LogP) is 3.29. The second-order valence-corrected chi connectivity index (χ2v) is 6.76. The molecule has 2 unspecified atom stereocenters. The van der Waals surface area contributed by atoms with Gasteiger partial charge in [0.05, 0.1) is 5.41 Å². The van der Waals surface area contributed by atoms with Crippen molar-refractivity contribution >= 4 is 5.97 Å². The summed E-state index contributed by atoms with van der Waals surface area (Å²) in [6.45, 7) is 9.03. The highest BCUT2D eigenvalue weighted by molar-refractivity contribution is 5.73. The van der Waals surface area contributed by atoms with Gasteiger partial charge in [0.2, 0.25) is 0 Å². The Morgan fingerprint density at radius 2 is 2.06 bits per heavy atom. The lowest BCUT2D eigenvalue weighted by Gasteiger charge is -2.32. The molecule has 18 heavy (non-hydrogen) atoms. The van der Waals surface area contributed by atoms with Crippen LogP contribution in [0.5, 0.6) is 0 Å². The van der Waals surface area contributed by atoms with E-state index in [4.69, 9.17) is 5.11 Å². The fourth-order valence-electron chi connectivity index (χ4n) is 2.71. The van der Waals surface area contributed by atoms with Gasteiger partial charge in [-0.15, -0.1) is 0 Å². The van der Waals surface area contributed by atoms with E-state index in [-0.39, 0.29) is 0 Å². The Bertz CT molecular complexity index is 274. The van der Waals surface area contributed by atoms with Crippen LogP contribution < -0.4 is 5.32 Å². The van der Waals surface area contributed by atoms with Gasteiger partial charge in [0.1, 0.15) is 0 Å². The summed E-state index contributed by atoms with van der Waals surface area (Å²) < 4.78 is 0. The maximum atomic E-state index is 11.0. The van der Waals surface area contributed by atoms with Crippen LogP contribution in [-0.4, -0.2) is 23.7 Å². The van der Waals surface area contributed by atoms with Crippen molar-refractivity contribution in [3.8, 4) is 0 Å². The average molecular weight is 255 g/mol. The maximum Gasteiger partial charge on any atom is 0.309 e. The van der Waals surface area contributed by atoms with Gasteiger partial charge in [-0.05, 0) is 51.5 Å². The summed E-state index contributed by atoms with van der Waals surface area (Å²) in [6.07, 6.45) is 5.87. The van der Waals surface area contributed by atoms with E-state index in [0.29, 0.717) is 12.5 Å². The zero-order chi connectivity index (χ0) is 13.8. The highest BCUT2D eigenvalue weighted by atomic mass is 16.4. The summed E-state index contributed by atoms with van der Waals surface area (Å²) in [4.78, 5) is 11.0. The Kier molecular flexibility index (Phi) is 5.64. The minimum absolute atomic E-state index is 0.593. The van der Waals surface area contributed by atoms with Crippen LogP contribution in [0.25, 0.3) is 0 Å². The van der Waals surface area contributed by atoms with Crippen LogP contribution in [0, 0.1) is 17.3 Å². The lowest BCUT2D eigenvalue weighted by Crippen LogP contribution is -2.38. The number of carboxylic acids is 1. The van der Waals surface area contributed by atoms with Crippen molar-refractivity contribution in [3.05, 3.63) is 0 Å². The minimum atomic E-state index is -0.701. The first-order chi connectivity index (χ1) is 8.33. The van der Waals surface area contributed by atoms with Crippen LogP contribution in [0.2, 0.25) is 0 Å². The quantitative estimate of drug-likeness (QED) is 0.765. The van der Waals surface area contributed by atoms with Crippen molar-refractivity contribution in [1.82, 2.24) is 5.32 Å². The van der Waals surface area contributed by atoms with Gasteiger partial charge in [0.25, 0.3) is 0 Å². The Hall–Kier alpha value is -0.570. The molecule has 0 bridgehead atoms. The summed E-state index contributed by atoms with van der Waals surface area (Å²) in [7, 11) is 0. The molecule has 2 N–H and O–H groups in total. The van der Waals surface area contributed by atoms with Gasteiger partial charge in [-0.25, -0.2) is 0 Å². The fraction of sp³-hybridized carbons (Fsp3) is 0.933. The van der Waals surface area contributed by atoms with E-state index in [1.165, 1.54) is 25.7 Å². The Morgan fingerprint density at radius 3 is 2.61 bits per heavy atom. The van der Waals surface area contributed by atoms with Crippen molar-refractivity contribution < 1.29 is 9.90 Å². The highest BCUT2D eigenvalue weighted by Crippen LogP contribution is 2.30. The highest BCUT2D eigenvalue weighted by Gasteiger charge is 2.28. The molecule has 1 saturated carbocycles. The molecule has 0 aromatic heterocycles. The van der Waals surface area contributed by atoms with Crippen molar-refractivity contribution in [2.24, 2.45) is 17.3 Å². The SMILES string of the molecule is CC(C)C1CCCC(NCCC(C)(C)C(=O)O)C1. The lowest BCUT2D eigenvalue weighted by atomic mass is 9.79. The number of aliphatic carboxylic acids is 1. The monoisotopic (exact) mass is 255 g/mol. The standard InChI is InChI=1S/C15H29NO2/c1-11(2)12-6-5-7-13(10-12)16-9-8-15(3,4)14(17)18/h11-13,16H,5-10H2,1-4H3,(H,17,18). The van der Waals surface area contributed by atoms with E-state index in [1.807, 2.05) is 0 Å². The number of carboxylic acid groups (broad SMARTS) is 1. The van der Waals surface area contributed by atoms with Crippen LogP contribution in [0.3, 0.4) is 0 Å². The molecule has 0 radical (unpaired) electrons. The summed E-state index contributed by atoms with van der Waals surface area (Å²) in [5, 5.41) is 12.6. The topological polar surface area (TPSA) is 49.3 Å². The van der Waals surface area contributed by atoms with Crippen molar-refractivity contribution in [2.45, 2.75) is 65.8 Å². The lowest BCUT2D eigenvalue weighted by molar-refractivity contribution is -0.147. The van der Waals surface area contributed by atoms with E-state index in [9.17, 15) is 4.79 Å². The Balaban J connectivity index is 2.29. The molecule has 0 spiro atoms. The zero-order valence-corrected chi connectivity index (χ0v) is 12.3. The first-order valence-corrected chi connectivity index (χ1v) is 7.29. The van der Waals surface area contributed by atoms with Gasteiger partial charge < -0.3 is 10.4 Å². The Labute approximate surface area is 111 Å². The second kappa shape index (κ2) is 6.55. The molecular formula is C15H29NO2. The molecule has 0 aromatic carbocycles. The predicted molar refractivity (Wildman–Crippen MR) is 74.6 cm³/mol. The van der Waals surface area contributed by atoms with Crippen molar-refractivity contribution in [2.75, 3.05) is 6.54 Å². The van der Waals surface area contributed by atoms with Crippen molar-refractivity contribution in [3.63, 3.8) is 0 Å². The number of hydrogen-bond donors (Lipinski definition) is 2. The Morgan fingerprint density at radius 1 is 1.39 bits per heavy atom. The normalized spacial score (nSPS) is 25.4. The molecule has 3 heteroatoms. The van der Waals surface area contributed by atoms with Crippen molar-refractivity contribution in [1.29, 1.82) is 0 Å². The number of nitrogens with one attached hydrogen (secondary N) is 1. The van der Waals surface area contributed by atoms with Gasteiger partial charge in [-0.3, -0.25) is 4.79 Å². The molecule has 0 aliphatic heterocycles. The van der Waals surface area contributed by atoms with Gasteiger partial charge in [-0.1, -0.05) is 26.7 Å². The third-order valence-electron chi connectivity index (χ3n) is 4.42. The minimum Gasteiger partial charge on any atom is -0.481 e. The number of hydrogen-bond acceptors (Lipinski definition) is 2. The number of rotatable bonds is 6. The van der Waals surface area contributed by atoms with Crippen LogP contribution in [0.15, 0.2) is 0 Å². The molecule has 0 aromatic rings. The van der Waals surface area contributed by atoms with Gasteiger partial charge in [0.15, 0.2) is 0 Å². The third-order valence-corrected chi connectivity index (χ3v) is 4.42. The van der Waals surface area contributed by atoms with Gasteiger partial charge in [-0.2, -0.15) is 0 Å². The van der Waals surface area contributed by atoms with E-state index < -0.39 is 11.4 Å². The van der Waals surface area contributed by atoms with E-state index in [0.717, 1.165) is 18.4 Å². The molecule has 1 aliphatic carbocycles. The average Bonchev–Trinajstić information content (AvgIpc) is 2.29. The molecule has 0 heterocycles. The summed E-state index contributed by atoms with van der Waals surface area (Å²) in [6, 6.07) is 0.593. The summed E-state index contributed by atoms with van der Waals surface area (Å²) in [5.41, 5.74) is -0.612. The summed E-state index contributed by atoms with van der Waals surface area (Å²) >= 11 is 0.